The van der Waals surface area contributed by atoms with E-state index in [2.05, 4.69) is 32.7 Å². The summed E-state index contributed by atoms with van der Waals surface area (Å²) in [5, 5.41) is 2.69. The largest absolute Gasteiger partial charge is 0.452 e. The first-order chi connectivity index (χ1) is 14.3. The average molecular weight is 425 g/mol. The summed E-state index contributed by atoms with van der Waals surface area (Å²) < 4.78 is 5.46. The molecule has 158 valence electrons. The average Bonchev–Trinajstić information content (AvgIpc) is 3.24. The van der Waals surface area contributed by atoms with E-state index in [4.69, 9.17) is 4.74 Å². The van der Waals surface area contributed by atoms with E-state index in [1.807, 2.05) is 41.8 Å². The number of para-hydroxylation sites is 1. The molecule has 0 N–H and O–H groups in total. The highest BCUT2D eigenvalue weighted by Crippen LogP contribution is 2.28. The second kappa shape index (κ2) is 9.85. The fourth-order valence-electron chi connectivity index (χ4n) is 3.35. The predicted molar refractivity (Wildman–Crippen MR) is 122 cm³/mol. The molecule has 6 heteroatoms. The monoisotopic (exact) mass is 424 g/mol. The number of nitrogens with zero attached hydrogens (tertiary/aromatic N) is 2. The highest BCUT2D eigenvalue weighted by Gasteiger charge is 2.20. The number of amides is 1. The molecular formula is C24H28N2O3S. The van der Waals surface area contributed by atoms with Gasteiger partial charge in [-0.1, -0.05) is 52.0 Å². The van der Waals surface area contributed by atoms with E-state index >= 15 is 0 Å². The fraction of sp³-hybridized carbons (Fsp3) is 0.375. The van der Waals surface area contributed by atoms with Gasteiger partial charge >= 0.3 is 5.97 Å². The summed E-state index contributed by atoms with van der Waals surface area (Å²) in [6, 6.07) is 13.2. The van der Waals surface area contributed by atoms with Crippen molar-refractivity contribution in [2.24, 2.45) is 11.8 Å². The van der Waals surface area contributed by atoms with Crippen LogP contribution in [-0.4, -0.2) is 41.5 Å². The molecule has 0 aliphatic carbocycles. The van der Waals surface area contributed by atoms with Crippen LogP contribution in [0, 0.1) is 11.8 Å². The van der Waals surface area contributed by atoms with Crippen molar-refractivity contribution in [2.45, 2.75) is 27.7 Å². The lowest BCUT2D eigenvalue weighted by Gasteiger charge is -2.26. The van der Waals surface area contributed by atoms with E-state index in [0.29, 0.717) is 30.5 Å². The Balaban J connectivity index is 1.81. The highest BCUT2D eigenvalue weighted by atomic mass is 32.1. The summed E-state index contributed by atoms with van der Waals surface area (Å²) in [5.74, 6) is 0.0261. The van der Waals surface area contributed by atoms with Crippen LogP contribution in [0.25, 0.3) is 21.5 Å². The van der Waals surface area contributed by atoms with Crippen LogP contribution in [0.1, 0.15) is 38.1 Å². The second-order valence-corrected chi connectivity index (χ2v) is 9.16. The van der Waals surface area contributed by atoms with Crippen LogP contribution < -0.4 is 0 Å². The SMILES string of the molecule is CC(C)CN(CC(C)C)C(=O)COC(=O)c1cc(-c2cccs2)nc2ccccc12. The van der Waals surface area contributed by atoms with Gasteiger partial charge in [0.15, 0.2) is 6.61 Å². The summed E-state index contributed by atoms with van der Waals surface area (Å²) in [6.45, 7) is 9.32. The lowest BCUT2D eigenvalue weighted by Crippen LogP contribution is -2.39. The number of fused-ring (bicyclic) bond motifs is 1. The van der Waals surface area contributed by atoms with Gasteiger partial charge in [0.1, 0.15) is 0 Å². The highest BCUT2D eigenvalue weighted by molar-refractivity contribution is 7.13. The van der Waals surface area contributed by atoms with Crippen molar-refractivity contribution in [3.63, 3.8) is 0 Å². The van der Waals surface area contributed by atoms with Crippen molar-refractivity contribution in [2.75, 3.05) is 19.7 Å². The van der Waals surface area contributed by atoms with E-state index in [1.165, 1.54) is 0 Å². The number of carbonyl (C=O) groups excluding carboxylic acids is 2. The molecule has 2 aromatic heterocycles. The molecule has 30 heavy (non-hydrogen) atoms. The Hall–Kier alpha value is -2.73. The molecule has 0 bridgehead atoms. The molecule has 0 saturated carbocycles. The van der Waals surface area contributed by atoms with Crippen LogP contribution >= 0.6 is 11.3 Å². The van der Waals surface area contributed by atoms with E-state index in [1.54, 1.807) is 22.3 Å². The van der Waals surface area contributed by atoms with E-state index in [0.717, 1.165) is 21.5 Å². The maximum Gasteiger partial charge on any atom is 0.339 e. The Morgan fingerprint density at radius 1 is 1.03 bits per heavy atom. The number of esters is 1. The van der Waals surface area contributed by atoms with Gasteiger partial charge in [-0.25, -0.2) is 9.78 Å². The van der Waals surface area contributed by atoms with Gasteiger partial charge in [-0.3, -0.25) is 4.79 Å². The van der Waals surface area contributed by atoms with Gasteiger partial charge in [-0.2, -0.15) is 0 Å². The zero-order valence-corrected chi connectivity index (χ0v) is 18.7. The number of carbonyl (C=O) groups is 2. The first-order valence-corrected chi connectivity index (χ1v) is 11.1. The Labute approximate surface area is 181 Å². The Kier molecular flexibility index (Phi) is 7.21. The van der Waals surface area contributed by atoms with E-state index < -0.39 is 5.97 Å². The maximum atomic E-state index is 12.9. The summed E-state index contributed by atoms with van der Waals surface area (Å²) in [4.78, 5) is 33.1. The number of pyridine rings is 1. The van der Waals surface area contributed by atoms with Crippen LogP contribution in [0.5, 0.6) is 0 Å². The number of aromatic nitrogens is 1. The fourth-order valence-corrected chi connectivity index (χ4v) is 4.04. The smallest absolute Gasteiger partial charge is 0.339 e. The molecule has 0 fully saturated rings. The summed E-state index contributed by atoms with van der Waals surface area (Å²) in [5.41, 5.74) is 1.88. The van der Waals surface area contributed by atoms with E-state index in [-0.39, 0.29) is 12.5 Å². The van der Waals surface area contributed by atoms with E-state index in [9.17, 15) is 9.59 Å². The zero-order chi connectivity index (χ0) is 21.7. The van der Waals surface area contributed by atoms with Crippen molar-refractivity contribution in [1.29, 1.82) is 0 Å². The summed E-state index contributed by atoms with van der Waals surface area (Å²) in [6.07, 6.45) is 0. The summed E-state index contributed by atoms with van der Waals surface area (Å²) in [7, 11) is 0. The van der Waals surface area contributed by atoms with Crippen molar-refractivity contribution in [3.8, 4) is 10.6 Å². The molecule has 0 spiro atoms. The van der Waals surface area contributed by atoms with Crippen LogP contribution in [0.15, 0.2) is 47.8 Å². The number of ether oxygens (including phenoxy) is 1. The van der Waals surface area contributed by atoms with Crippen molar-refractivity contribution in [1.82, 2.24) is 9.88 Å². The summed E-state index contributed by atoms with van der Waals surface area (Å²) >= 11 is 1.56. The molecule has 5 nitrogen and oxygen atoms in total. The normalized spacial score (nSPS) is 11.3. The molecule has 0 unspecified atom stereocenters. The number of hydrogen-bond donors (Lipinski definition) is 0. The number of thiophene rings is 1. The van der Waals surface area contributed by atoms with Gasteiger partial charge < -0.3 is 9.64 Å². The molecule has 0 atom stereocenters. The topological polar surface area (TPSA) is 59.5 Å². The van der Waals surface area contributed by atoms with Gasteiger partial charge in [0.25, 0.3) is 5.91 Å². The first-order valence-electron chi connectivity index (χ1n) is 10.2. The minimum atomic E-state index is -0.506. The zero-order valence-electron chi connectivity index (χ0n) is 17.9. The predicted octanol–water partition coefficient (Wildman–Crippen LogP) is 5.26. The molecule has 0 radical (unpaired) electrons. The molecule has 0 saturated heterocycles. The molecule has 0 aliphatic heterocycles. The Morgan fingerprint density at radius 3 is 2.37 bits per heavy atom. The van der Waals surface area contributed by atoms with Gasteiger partial charge in [0, 0.05) is 18.5 Å². The molecular weight excluding hydrogens is 396 g/mol. The van der Waals surface area contributed by atoms with Gasteiger partial charge in [-0.15, -0.1) is 11.3 Å². The standard InChI is InChI=1S/C24H28N2O3S/c1-16(2)13-26(14-17(3)4)23(27)15-29-24(28)19-12-21(22-10-7-11-30-22)25-20-9-6-5-8-18(19)20/h5-12,16-17H,13-15H2,1-4H3. The van der Waals surface area contributed by atoms with Crippen molar-refractivity contribution >= 4 is 34.1 Å². The maximum absolute atomic E-state index is 12.9. The third-order valence-electron chi connectivity index (χ3n) is 4.56. The van der Waals surface area contributed by atoms with Crippen LogP contribution in [0.4, 0.5) is 0 Å². The number of rotatable bonds is 8. The minimum absolute atomic E-state index is 0.164. The van der Waals surface area contributed by atoms with Gasteiger partial charge in [0.2, 0.25) is 0 Å². The van der Waals surface area contributed by atoms with Gasteiger partial charge in [0.05, 0.1) is 21.7 Å². The molecule has 2 heterocycles. The molecule has 3 aromatic rings. The lowest BCUT2D eigenvalue weighted by molar-refractivity contribution is -0.135. The second-order valence-electron chi connectivity index (χ2n) is 8.21. The Bertz CT molecular complexity index is 1000. The van der Waals surface area contributed by atoms with Crippen LogP contribution in [0.2, 0.25) is 0 Å². The minimum Gasteiger partial charge on any atom is -0.452 e. The molecule has 0 aliphatic rings. The van der Waals surface area contributed by atoms with Crippen molar-refractivity contribution < 1.29 is 14.3 Å². The molecule has 3 rings (SSSR count). The lowest BCUT2D eigenvalue weighted by atomic mass is 10.1. The van der Waals surface area contributed by atoms with Gasteiger partial charge in [-0.05, 0) is 35.4 Å². The molecule has 1 aromatic carbocycles. The number of hydrogen-bond acceptors (Lipinski definition) is 5. The quantitative estimate of drug-likeness (QED) is 0.463. The number of benzene rings is 1. The first kappa shape index (κ1) is 22.0. The third-order valence-corrected chi connectivity index (χ3v) is 5.45. The molecule has 1 amide bonds. The Morgan fingerprint density at radius 2 is 1.73 bits per heavy atom. The third kappa shape index (κ3) is 5.45. The van der Waals surface area contributed by atoms with Crippen LogP contribution in [0.3, 0.4) is 0 Å². The van der Waals surface area contributed by atoms with Crippen LogP contribution in [-0.2, 0) is 9.53 Å². The van der Waals surface area contributed by atoms with Crippen molar-refractivity contribution in [3.05, 3.63) is 53.4 Å².